The fourth-order valence-corrected chi connectivity index (χ4v) is 7.96. The summed E-state index contributed by atoms with van der Waals surface area (Å²) in [6, 6.07) is 0. The predicted molar refractivity (Wildman–Crippen MR) is 87.6 cm³/mol. The minimum absolute atomic E-state index is 0.733. The second kappa shape index (κ2) is 4.62. The number of fused-ring (bicyclic) bond motifs is 8. The largest absolute Gasteiger partial charge is 0.0704 e. The molecule has 4 rings (SSSR count). The summed E-state index contributed by atoms with van der Waals surface area (Å²) in [5.74, 6) is 4.12. The van der Waals surface area contributed by atoms with Crippen LogP contribution >= 0.6 is 0 Å². The van der Waals surface area contributed by atoms with Gasteiger partial charge < -0.3 is 0 Å². The molecule has 20 heavy (non-hydrogen) atoms. The maximum atomic E-state index is 2.50. The second-order valence-corrected chi connectivity index (χ2v) is 7.64. The van der Waals surface area contributed by atoms with E-state index in [4.69, 9.17) is 0 Å². The first-order valence-corrected chi connectivity index (χ1v) is 9.32. The summed E-state index contributed by atoms with van der Waals surface area (Å²) in [7, 11) is 0. The van der Waals surface area contributed by atoms with Crippen molar-refractivity contribution >= 4 is 0 Å². The molecule has 4 aliphatic carbocycles. The van der Waals surface area contributed by atoms with Crippen molar-refractivity contribution in [1.82, 2.24) is 0 Å². The van der Waals surface area contributed by atoms with Crippen molar-refractivity contribution in [2.24, 2.45) is 34.5 Å². The van der Waals surface area contributed by atoms with Gasteiger partial charge in [0.2, 0.25) is 0 Å². The Balaban J connectivity index is 0.000000581. The van der Waals surface area contributed by atoms with E-state index in [1.807, 2.05) is 13.8 Å². The van der Waals surface area contributed by atoms with E-state index < -0.39 is 0 Å². The SMILES string of the molecule is CC.CCC12C3CC(C(C)=C3C)C1(CC)C1CCCC12. The molecular formula is C20H34. The first kappa shape index (κ1) is 14.7. The molecule has 0 aromatic rings. The van der Waals surface area contributed by atoms with E-state index in [0.717, 1.165) is 34.5 Å². The summed E-state index contributed by atoms with van der Waals surface area (Å²) < 4.78 is 0. The third-order valence-corrected chi connectivity index (χ3v) is 8.26. The van der Waals surface area contributed by atoms with Gasteiger partial charge in [-0.2, -0.15) is 0 Å². The van der Waals surface area contributed by atoms with E-state index in [-0.39, 0.29) is 0 Å². The number of hydrogen-bond donors (Lipinski definition) is 0. The topological polar surface area (TPSA) is 0 Å². The van der Waals surface area contributed by atoms with E-state index in [2.05, 4.69) is 27.7 Å². The first-order chi connectivity index (χ1) is 9.65. The summed E-state index contributed by atoms with van der Waals surface area (Å²) in [5, 5.41) is 0. The van der Waals surface area contributed by atoms with Crippen LogP contribution in [0.5, 0.6) is 0 Å². The minimum atomic E-state index is 0.733. The highest BCUT2D eigenvalue weighted by Gasteiger charge is 2.79. The van der Waals surface area contributed by atoms with Crippen LogP contribution in [0.25, 0.3) is 0 Å². The lowest BCUT2D eigenvalue weighted by molar-refractivity contribution is -0.213. The van der Waals surface area contributed by atoms with E-state index in [0.29, 0.717) is 0 Å². The smallest absolute Gasteiger partial charge is 0.0132 e. The highest BCUT2D eigenvalue weighted by Crippen LogP contribution is 2.86. The van der Waals surface area contributed by atoms with Crippen LogP contribution in [0.2, 0.25) is 0 Å². The Hall–Kier alpha value is -0.260. The highest BCUT2D eigenvalue weighted by atomic mass is 14.8. The lowest BCUT2D eigenvalue weighted by atomic mass is 9.33. The molecule has 0 nitrogen and oxygen atoms in total. The van der Waals surface area contributed by atoms with Crippen LogP contribution in [-0.2, 0) is 0 Å². The van der Waals surface area contributed by atoms with E-state index in [1.54, 1.807) is 24.0 Å². The van der Waals surface area contributed by atoms with Crippen LogP contribution in [0.4, 0.5) is 0 Å². The van der Waals surface area contributed by atoms with Crippen molar-refractivity contribution in [2.75, 3.05) is 0 Å². The van der Waals surface area contributed by atoms with Gasteiger partial charge in [0, 0.05) is 0 Å². The van der Waals surface area contributed by atoms with Crippen LogP contribution in [0.15, 0.2) is 11.1 Å². The van der Waals surface area contributed by atoms with Crippen molar-refractivity contribution < 1.29 is 0 Å². The van der Waals surface area contributed by atoms with Gasteiger partial charge in [-0.05, 0) is 80.5 Å². The van der Waals surface area contributed by atoms with Gasteiger partial charge in [-0.1, -0.05) is 45.3 Å². The normalized spacial score (nSPS) is 51.3. The van der Waals surface area contributed by atoms with Gasteiger partial charge in [-0.25, -0.2) is 0 Å². The van der Waals surface area contributed by atoms with E-state index in [9.17, 15) is 0 Å². The monoisotopic (exact) mass is 274 g/mol. The molecule has 3 saturated carbocycles. The minimum Gasteiger partial charge on any atom is -0.0704 e. The predicted octanol–water partition coefficient (Wildman–Crippen LogP) is 6.22. The number of allylic oxidation sites excluding steroid dienone is 2. The van der Waals surface area contributed by atoms with Crippen LogP contribution in [-0.4, -0.2) is 0 Å². The zero-order valence-electron chi connectivity index (χ0n) is 14.6. The molecule has 0 radical (unpaired) electrons. The van der Waals surface area contributed by atoms with Gasteiger partial charge in [0.25, 0.3) is 0 Å². The summed E-state index contributed by atoms with van der Waals surface area (Å²) in [6.45, 7) is 13.9. The lowest BCUT2D eigenvalue weighted by Crippen LogP contribution is -2.66. The molecule has 0 amide bonds. The molecule has 0 aromatic carbocycles. The molecule has 0 saturated heterocycles. The average molecular weight is 274 g/mol. The highest BCUT2D eigenvalue weighted by molar-refractivity contribution is 5.41. The van der Waals surface area contributed by atoms with Gasteiger partial charge in [0.05, 0.1) is 0 Å². The molecular weight excluding hydrogens is 240 g/mol. The molecule has 4 aliphatic rings. The molecule has 0 heteroatoms. The van der Waals surface area contributed by atoms with Gasteiger partial charge in [-0.15, -0.1) is 0 Å². The van der Waals surface area contributed by atoms with E-state index >= 15 is 0 Å². The Morgan fingerprint density at radius 3 is 1.60 bits per heavy atom. The number of hydrogen-bond acceptors (Lipinski definition) is 0. The molecule has 0 heterocycles. The van der Waals surface area contributed by atoms with Crippen molar-refractivity contribution in [3.05, 3.63) is 11.1 Å². The molecule has 6 atom stereocenters. The van der Waals surface area contributed by atoms with Crippen LogP contribution < -0.4 is 0 Å². The summed E-state index contributed by atoms with van der Waals surface area (Å²) in [6.07, 6.45) is 9.05. The van der Waals surface area contributed by atoms with Crippen molar-refractivity contribution in [3.63, 3.8) is 0 Å². The first-order valence-electron chi connectivity index (χ1n) is 9.32. The maximum Gasteiger partial charge on any atom is -0.0132 e. The van der Waals surface area contributed by atoms with Gasteiger partial charge >= 0.3 is 0 Å². The summed E-state index contributed by atoms with van der Waals surface area (Å²) in [4.78, 5) is 0. The molecule has 0 aromatic heterocycles. The summed E-state index contributed by atoms with van der Waals surface area (Å²) >= 11 is 0. The van der Waals surface area contributed by atoms with Crippen LogP contribution in [0.1, 0.15) is 80.1 Å². The lowest BCUT2D eigenvalue weighted by Gasteiger charge is -2.71. The van der Waals surface area contributed by atoms with Crippen molar-refractivity contribution in [1.29, 1.82) is 0 Å². The molecule has 3 fully saturated rings. The number of rotatable bonds is 2. The van der Waals surface area contributed by atoms with Gasteiger partial charge in [0.1, 0.15) is 0 Å². The maximum absolute atomic E-state index is 2.50. The molecule has 6 unspecified atom stereocenters. The van der Waals surface area contributed by atoms with Crippen molar-refractivity contribution in [2.45, 2.75) is 80.1 Å². The summed E-state index contributed by atoms with van der Waals surface area (Å²) in [5.41, 5.74) is 5.07. The Bertz CT molecular complexity index is 393. The van der Waals surface area contributed by atoms with Gasteiger partial charge in [-0.3, -0.25) is 0 Å². The average Bonchev–Trinajstić information content (AvgIpc) is 3.10. The van der Waals surface area contributed by atoms with Crippen molar-refractivity contribution in [3.8, 4) is 0 Å². The second-order valence-electron chi connectivity index (χ2n) is 7.64. The zero-order valence-corrected chi connectivity index (χ0v) is 14.6. The van der Waals surface area contributed by atoms with Crippen LogP contribution in [0, 0.1) is 34.5 Å². The third-order valence-electron chi connectivity index (χ3n) is 8.26. The molecule has 114 valence electrons. The standard InChI is InChI=1S/C18H28.C2H6/c1-5-17-13-8-7-9-14(13)18(17,6-2)16-10-15(17)11(3)12(16)4;1-2/h13-16H,5-10H2,1-4H3;1-2H3. The van der Waals surface area contributed by atoms with Crippen LogP contribution in [0.3, 0.4) is 0 Å². The Morgan fingerprint density at radius 2 is 1.25 bits per heavy atom. The van der Waals surface area contributed by atoms with Gasteiger partial charge in [0.15, 0.2) is 0 Å². The van der Waals surface area contributed by atoms with E-state index in [1.165, 1.54) is 25.7 Å². The molecule has 0 aliphatic heterocycles. The fraction of sp³-hybridized carbons (Fsp3) is 0.900. The molecule has 2 bridgehead atoms. The molecule has 0 N–H and O–H groups in total. The fourth-order valence-electron chi connectivity index (χ4n) is 7.96. The molecule has 0 spiro atoms. The quantitative estimate of drug-likeness (QED) is 0.524. The Morgan fingerprint density at radius 1 is 0.850 bits per heavy atom. The zero-order chi connectivity index (χ0) is 14.7. The Kier molecular flexibility index (Phi) is 3.39. The Labute approximate surface area is 126 Å². The third kappa shape index (κ3) is 1.19.